The molecule has 7 nitrogen and oxygen atoms in total. The van der Waals surface area contributed by atoms with Crippen molar-refractivity contribution in [3.8, 4) is 16.5 Å². The van der Waals surface area contributed by atoms with Crippen molar-refractivity contribution in [3.05, 3.63) is 79.5 Å². The molecule has 3 aromatic heterocycles. The molecule has 0 aliphatic carbocycles. The minimum atomic E-state index is -0.292. The average molecular weight is 484 g/mol. The zero-order valence-corrected chi connectivity index (χ0v) is 18.7. The lowest BCUT2D eigenvalue weighted by Crippen LogP contribution is -2.22. The normalized spacial score (nSPS) is 10.9. The zero-order chi connectivity index (χ0) is 21.3. The van der Waals surface area contributed by atoms with Crippen molar-refractivity contribution >= 4 is 39.0 Å². The number of aromatic amines is 1. The van der Waals surface area contributed by atoms with Gasteiger partial charge in [0.25, 0.3) is 11.5 Å². The Labute approximate surface area is 184 Å². The largest absolute Gasteiger partial charge is 0.306 e. The molecule has 3 heterocycles. The number of H-pyrrole nitrogens is 1. The maximum absolute atomic E-state index is 12.8. The molecule has 9 heteroatoms. The van der Waals surface area contributed by atoms with Crippen LogP contribution in [0.5, 0.6) is 0 Å². The van der Waals surface area contributed by atoms with E-state index in [4.69, 9.17) is 0 Å². The summed E-state index contributed by atoms with van der Waals surface area (Å²) in [5, 5.41) is 9.43. The second-order valence-electron chi connectivity index (χ2n) is 6.58. The molecule has 152 valence electrons. The fourth-order valence-electron chi connectivity index (χ4n) is 3.11. The van der Waals surface area contributed by atoms with E-state index < -0.39 is 0 Å². The number of amides is 1. The molecular formula is C21H18BrN5O2S. The second-order valence-corrected chi connectivity index (χ2v) is 8.44. The van der Waals surface area contributed by atoms with Gasteiger partial charge in [0.15, 0.2) is 0 Å². The summed E-state index contributed by atoms with van der Waals surface area (Å²) in [5.41, 5.74) is 2.22. The van der Waals surface area contributed by atoms with E-state index in [1.165, 1.54) is 16.0 Å². The van der Waals surface area contributed by atoms with Crippen LogP contribution >= 0.6 is 27.3 Å². The third-order valence-electron chi connectivity index (χ3n) is 4.58. The molecule has 1 amide bonds. The van der Waals surface area contributed by atoms with Crippen molar-refractivity contribution in [2.24, 2.45) is 0 Å². The van der Waals surface area contributed by atoms with Gasteiger partial charge in [-0.1, -0.05) is 35.0 Å². The lowest BCUT2D eigenvalue weighted by Gasteiger charge is -2.10. The Morgan fingerprint density at radius 2 is 2.10 bits per heavy atom. The number of hydrogen-bond donors (Lipinski definition) is 2. The summed E-state index contributed by atoms with van der Waals surface area (Å²) in [6, 6.07) is 12.7. The maximum Gasteiger partial charge on any atom is 0.256 e. The van der Waals surface area contributed by atoms with Gasteiger partial charge in [-0.2, -0.15) is 9.78 Å². The van der Waals surface area contributed by atoms with Gasteiger partial charge in [0.1, 0.15) is 11.5 Å². The first kappa shape index (κ1) is 20.2. The van der Waals surface area contributed by atoms with Crippen molar-refractivity contribution in [1.82, 2.24) is 19.7 Å². The van der Waals surface area contributed by atoms with E-state index >= 15 is 0 Å². The highest BCUT2D eigenvalue weighted by atomic mass is 79.9. The number of aromatic nitrogens is 4. The second kappa shape index (κ2) is 8.37. The standard InChI is InChI=1S/C21H18BrN5O2S/c1-3-15-12(2)23-21(25-20(15)29)27-18(11-16(26-27)17-8-5-9-30-17)24-19(28)13-6-4-7-14(22)10-13/h4-11H,3H2,1-2H3,(H,24,28)(H,23,25,29). The molecule has 0 aliphatic heterocycles. The predicted octanol–water partition coefficient (Wildman–Crippen LogP) is 4.57. The van der Waals surface area contributed by atoms with Crippen molar-refractivity contribution in [1.29, 1.82) is 0 Å². The Bertz CT molecular complexity index is 1280. The summed E-state index contributed by atoms with van der Waals surface area (Å²) in [5.74, 6) is 0.372. The first-order valence-electron chi connectivity index (χ1n) is 9.27. The number of nitrogens with one attached hydrogen (secondary N) is 2. The molecule has 0 unspecified atom stereocenters. The highest BCUT2D eigenvalue weighted by molar-refractivity contribution is 9.10. The molecule has 0 spiro atoms. The van der Waals surface area contributed by atoms with E-state index in [0.717, 1.165) is 9.35 Å². The summed E-state index contributed by atoms with van der Waals surface area (Å²) >= 11 is 4.92. The van der Waals surface area contributed by atoms with Gasteiger partial charge in [-0.05, 0) is 43.0 Å². The molecule has 0 aliphatic rings. The van der Waals surface area contributed by atoms with Crippen LogP contribution in [0.25, 0.3) is 16.5 Å². The lowest BCUT2D eigenvalue weighted by atomic mass is 10.2. The van der Waals surface area contributed by atoms with Crippen LogP contribution in [-0.2, 0) is 6.42 Å². The van der Waals surface area contributed by atoms with E-state index in [1.807, 2.05) is 30.5 Å². The highest BCUT2D eigenvalue weighted by Gasteiger charge is 2.18. The third-order valence-corrected chi connectivity index (χ3v) is 5.96. The van der Waals surface area contributed by atoms with Crippen LogP contribution in [0.1, 0.15) is 28.5 Å². The number of benzene rings is 1. The smallest absolute Gasteiger partial charge is 0.256 e. The summed E-state index contributed by atoms with van der Waals surface area (Å²) < 4.78 is 2.26. The van der Waals surface area contributed by atoms with Gasteiger partial charge in [0, 0.05) is 27.4 Å². The molecular weight excluding hydrogens is 466 g/mol. The van der Waals surface area contributed by atoms with Crippen LogP contribution in [-0.4, -0.2) is 25.7 Å². The molecule has 0 atom stereocenters. The van der Waals surface area contributed by atoms with Crippen LogP contribution in [0.3, 0.4) is 0 Å². The van der Waals surface area contributed by atoms with Crippen molar-refractivity contribution in [3.63, 3.8) is 0 Å². The Morgan fingerprint density at radius 3 is 2.77 bits per heavy atom. The van der Waals surface area contributed by atoms with Crippen molar-refractivity contribution in [2.45, 2.75) is 20.3 Å². The number of carbonyl (C=O) groups excluding carboxylic acids is 1. The number of halogens is 1. The Balaban J connectivity index is 1.80. The number of thiophene rings is 1. The van der Waals surface area contributed by atoms with Crippen LogP contribution in [0.4, 0.5) is 5.82 Å². The molecule has 0 saturated heterocycles. The van der Waals surface area contributed by atoms with E-state index in [-0.39, 0.29) is 17.4 Å². The molecule has 30 heavy (non-hydrogen) atoms. The van der Waals surface area contributed by atoms with Crippen molar-refractivity contribution in [2.75, 3.05) is 5.32 Å². The van der Waals surface area contributed by atoms with E-state index in [9.17, 15) is 9.59 Å². The number of anilines is 1. The van der Waals surface area contributed by atoms with Crippen LogP contribution in [0.15, 0.2) is 57.1 Å². The fraction of sp³-hybridized carbons (Fsp3) is 0.143. The number of rotatable bonds is 5. The number of hydrogen-bond acceptors (Lipinski definition) is 5. The average Bonchev–Trinajstić information content (AvgIpc) is 3.37. The van der Waals surface area contributed by atoms with Gasteiger partial charge in [-0.15, -0.1) is 11.3 Å². The van der Waals surface area contributed by atoms with Gasteiger partial charge in [-0.25, -0.2) is 4.98 Å². The first-order valence-corrected chi connectivity index (χ1v) is 10.9. The quantitative estimate of drug-likeness (QED) is 0.434. The van der Waals surface area contributed by atoms with Gasteiger partial charge >= 0.3 is 0 Å². The Morgan fingerprint density at radius 1 is 1.27 bits per heavy atom. The van der Waals surface area contributed by atoms with Gasteiger partial charge < -0.3 is 5.32 Å². The molecule has 1 aromatic carbocycles. The minimum Gasteiger partial charge on any atom is -0.306 e. The Hall–Kier alpha value is -3.04. The summed E-state index contributed by atoms with van der Waals surface area (Å²) in [6.45, 7) is 3.70. The number of nitrogens with zero attached hydrogens (tertiary/aromatic N) is 3. The van der Waals surface area contributed by atoms with Crippen LogP contribution in [0.2, 0.25) is 0 Å². The molecule has 0 saturated carbocycles. The van der Waals surface area contributed by atoms with Gasteiger partial charge in [0.2, 0.25) is 5.95 Å². The molecule has 0 radical (unpaired) electrons. The predicted molar refractivity (Wildman–Crippen MR) is 122 cm³/mol. The SMILES string of the molecule is CCc1c(C)nc(-n2nc(-c3cccs3)cc2NC(=O)c2cccc(Br)c2)[nH]c1=O. The highest BCUT2D eigenvalue weighted by Crippen LogP contribution is 2.27. The zero-order valence-electron chi connectivity index (χ0n) is 16.3. The molecule has 0 fully saturated rings. The Kier molecular flexibility index (Phi) is 5.65. The van der Waals surface area contributed by atoms with Gasteiger partial charge in [0.05, 0.1) is 4.88 Å². The summed E-state index contributed by atoms with van der Waals surface area (Å²) in [6.07, 6.45) is 0.584. The molecule has 4 aromatic rings. The topological polar surface area (TPSA) is 92.7 Å². The molecule has 4 rings (SSSR count). The molecule has 0 bridgehead atoms. The lowest BCUT2D eigenvalue weighted by molar-refractivity contribution is 0.102. The summed E-state index contributed by atoms with van der Waals surface area (Å²) in [7, 11) is 0. The van der Waals surface area contributed by atoms with Crippen LogP contribution < -0.4 is 10.9 Å². The number of carbonyl (C=O) groups is 1. The third kappa shape index (κ3) is 3.99. The number of aryl methyl sites for hydroxylation is 1. The van der Waals surface area contributed by atoms with E-state index in [1.54, 1.807) is 31.2 Å². The molecule has 2 N–H and O–H groups in total. The van der Waals surface area contributed by atoms with Gasteiger partial charge in [-0.3, -0.25) is 14.6 Å². The van der Waals surface area contributed by atoms with Crippen LogP contribution in [0, 0.1) is 6.92 Å². The fourth-order valence-corrected chi connectivity index (χ4v) is 4.19. The van der Waals surface area contributed by atoms with E-state index in [0.29, 0.717) is 34.8 Å². The maximum atomic E-state index is 12.8. The minimum absolute atomic E-state index is 0.211. The first-order chi connectivity index (χ1) is 14.5. The summed E-state index contributed by atoms with van der Waals surface area (Å²) in [4.78, 5) is 33.5. The van der Waals surface area contributed by atoms with E-state index in [2.05, 4.69) is 36.3 Å². The van der Waals surface area contributed by atoms with Crippen molar-refractivity contribution < 1.29 is 4.79 Å². The monoisotopic (exact) mass is 483 g/mol.